The zero-order valence-corrected chi connectivity index (χ0v) is 19.4. The van der Waals surface area contributed by atoms with Crippen LogP contribution in [0.5, 0.6) is 0 Å². The van der Waals surface area contributed by atoms with Gasteiger partial charge < -0.3 is 38.5 Å². The maximum Gasteiger partial charge on any atom is 4.00 e. The molecule has 1 aliphatic heterocycles. The molecule has 3 rings (SSSR count). The second kappa shape index (κ2) is 12.2. The molecule has 0 N–H and O–H groups in total. The van der Waals surface area contributed by atoms with Crippen molar-refractivity contribution in [3.05, 3.63) is 54.6 Å². The molecule has 0 aromatic heterocycles. The van der Waals surface area contributed by atoms with E-state index in [0.717, 1.165) is 0 Å². The molecule has 0 radical (unpaired) electrons. The molecule has 2 aromatic rings. The maximum absolute atomic E-state index is 2.72. The summed E-state index contributed by atoms with van der Waals surface area (Å²) in [4.78, 5) is 0. The molecule has 0 unspecified atom stereocenters. The van der Waals surface area contributed by atoms with Crippen LogP contribution in [0.3, 0.4) is 0 Å². The minimum atomic E-state index is -1.26. The Morgan fingerprint density at radius 2 is 1.38 bits per heavy atom. The van der Waals surface area contributed by atoms with E-state index in [2.05, 4.69) is 41.9 Å². The molecule has 21 heavy (non-hydrogen) atoms. The van der Waals surface area contributed by atoms with Crippen molar-refractivity contribution in [1.82, 2.24) is 4.57 Å². The monoisotopic (exact) mass is 505 g/mol. The average molecular weight is 508 g/mol. The Morgan fingerprint density at radius 3 is 1.76 bits per heavy atom. The molecule has 1 nitrogen and oxygen atoms in total. The summed E-state index contributed by atoms with van der Waals surface area (Å²) in [5.74, 6) is 0. The zero-order chi connectivity index (χ0) is 12.8. The topological polar surface area (TPSA) is 3.24 Å². The van der Waals surface area contributed by atoms with Crippen LogP contribution >= 0.6 is 0 Å². The van der Waals surface area contributed by atoms with E-state index in [1.165, 1.54) is 25.9 Å². The van der Waals surface area contributed by atoms with E-state index >= 15 is 0 Å². The van der Waals surface area contributed by atoms with Gasteiger partial charge in [-0.2, -0.15) is 30.3 Å². The Morgan fingerprint density at radius 1 is 0.905 bits per heavy atom. The van der Waals surface area contributed by atoms with Gasteiger partial charge in [0.05, 0.1) is 8.24 Å². The van der Waals surface area contributed by atoms with Gasteiger partial charge in [0.15, 0.2) is 0 Å². The number of rotatable bonds is 2. The van der Waals surface area contributed by atoms with Gasteiger partial charge in [-0.3, -0.25) is 0 Å². The molecule has 0 saturated carbocycles. The van der Waals surface area contributed by atoms with Crippen LogP contribution in [-0.4, -0.2) is 25.9 Å². The summed E-state index contributed by atoms with van der Waals surface area (Å²) in [6.07, 6.45) is 2.80. The Balaban J connectivity index is 0. The SMILES string of the molecule is C[Si](C)([c-]1cccc1)N1CCCC1.[Br-].[Br-].[Zr+4].c1cc[cH-]c1. The van der Waals surface area contributed by atoms with Crippen LogP contribution in [0, 0.1) is 0 Å². The molecule has 1 saturated heterocycles. The molecular formula is C16H23Br2NSiZr. The average Bonchev–Trinajstić information content (AvgIpc) is 3.14. The first-order valence-corrected chi connectivity index (χ1v) is 9.80. The van der Waals surface area contributed by atoms with Crippen molar-refractivity contribution in [2.24, 2.45) is 0 Å². The van der Waals surface area contributed by atoms with Gasteiger partial charge in [0.1, 0.15) is 0 Å². The van der Waals surface area contributed by atoms with Crippen LogP contribution in [0.15, 0.2) is 54.6 Å². The summed E-state index contributed by atoms with van der Waals surface area (Å²) in [6.45, 7) is 7.58. The van der Waals surface area contributed by atoms with Gasteiger partial charge in [-0.1, -0.05) is 13.1 Å². The van der Waals surface area contributed by atoms with Crippen molar-refractivity contribution in [3.63, 3.8) is 0 Å². The predicted octanol–water partition coefficient (Wildman–Crippen LogP) is -2.68. The van der Waals surface area contributed by atoms with Gasteiger partial charge in [0, 0.05) is 0 Å². The largest absolute Gasteiger partial charge is 4.00 e. The van der Waals surface area contributed by atoms with Crippen molar-refractivity contribution >= 4 is 13.4 Å². The van der Waals surface area contributed by atoms with E-state index < -0.39 is 8.24 Å². The standard InChI is InChI=1S/C11H18NSi.C5H5.2BrH.Zr/c1-13(2,11-7-3-4-8-11)12-9-5-6-10-12;1-2-4-5-3-1;;;/h3-4,7-8H,5-6,9-10H2,1-2H3;1-5H;2*1H;/q2*-1;;;+4/p-2. The number of nitrogens with zero attached hydrogens (tertiary/aromatic N) is 1. The molecule has 0 spiro atoms. The molecule has 0 atom stereocenters. The van der Waals surface area contributed by atoms with Crippen LogP contribution in [0.2, 0.25) is 13.1 Å². The Bertz CT molecular complexity index is 406. The number of hydrogen-bond acceptors (Lipinski definition) is 1. The first kappa shape index (κ1) is 24.0. The van der Waals surface area contributed by atoms with Crippen molar-refractivity contribution in [2.75, 3.05) is 13.1 Å². The van der Waals surface area contributed by atoms with Gasteiger partial charge in [0.25, 0.3) is 0 Å². The Labute approximate surface area is 170 Å². The third-order valence-corrected chi connectivity index (χ3v) is 7.60. The second-order valence-corrected chi connectivity index (χ2v) is 9.72. The summed E-state index contributed by atoms with van der Waals surface area (Å²) in [6, 6.07) is 18.9. The number of halogens is 2. The van der Waals surface area contributed by atoms with Crippen LogP contribution in [0.25, 0.3) is 0 Å². The van der Waals surface area contributed by atoms with E-state index in [-0.39, 0.29) is 60.2 Å². The molecule has 5 heteroatoms. The van der Waals surface area contributed by atoms with E-state index in [1.807, 2.05) is 30.3 Å². The fourth-order valence-electron chi connectivity index (χ4n) is 2.56. The summed E-state index contributed by atoms with van der Waals surface area (Å²) >= 11 is 0. The second-order valence-electron chi connectivity index (χ2n) is 5.39. The summed E-state index contributed by atoms with van der Waals surface area (Å²) < 4.78 is 2.72. The fourth-order valence-corrected chi connectivity index (χ4v) is 5.37. The zero-order valence-electron chi connectivity index (χ0n) is 12.7. The number of hydrogen-bond donors (Lipinski definition) is 0. The predicted molar refractivity (Wildman–Crippen MR) is 82.0 cm³/mol. The smallest absolute Gasteiger partial charge is 1.00 e. The third-order valence-electron chi connectivity index (χ3n) is 3.82. The minimum Gasteiger partial charge on any atom is -1.00 e. The van der Waals surface area contributed by atoms with Crippen LogP contribution in [0.1, 0.15) is 12.8 Å². The third kappa shape index (κ3) is 7.22. The van der Waals surface area contributed by atoms with Crippen molar-refractivity contribution in [1.29, 1.82) is 0 Å². The molecule has 0 amide bonds. The quantitative estimate of drug-likeness (QED) is 0.316. The van der Waals surface area contributed by atoms with E-state index in [1.54, 1.807) is 5.19 Å². The van der Waals surface area contributed by atoms with Crippen molar-refractivity contribution in [3.8, 4) is 0 Å². The molecule has 1 heterocycles. The summed E-state index contributed by atoms with van der Waals surface area (Å²) in [5.41, 5.74) is 0. The van der Waals surface area contributed by atoms with Gasteiger partial charge in [0.2, 0.25) is 0 Å². The van der Waals surface area contributed by atoms with Crippen LogP contribution < -0.4 is 39.1 Å². The van der Waals surface area contributed by atoms with E-state index in [4.69, 9.17) is 0 Å². The van der Waals surface area contributed by atoms with Gasteiger partial charge >= 0.3 is 26.2 Å². The molecule has 0 bridgehead atoms. The Hall–Kier alpha value is 0.720. The van der Waals surface area contributed by atoms with Crippen molar-refractivity contribution in [2.45, 2.75) is 25.9 Å². The Kier molecular flexibility index (Phi) is 13.9. The van der Waals surface area contributed by atoms with Crippen LogP contribution in [0.4, 0.5) is 0 Å². The van der Waals surface area contributed by atoms with Gasteiger partial charge in [-0.15, -0.1) is 5.19 Å². The van der Waals surface area contributed by atoms with Gasteiger partial charge in [-0.05, 0) is 25.9 Å². The molecule has 114 valence electrons. The van der Waals surface area contributed by atoms with Crippen molar-refractivity contribution < 1.29 is 60.2 Å². The molecule has 1 aliphatic rings. The molecule has 0 aliphatic carbocycles. The van der Waals surface area contributed by atoms with Crippen LogP contribution in [-0.2, 0) is 26.2 Å². The maximum atomic E-state index is 2.72. The fraction of sp³-hybridized carbons (Fsp3) is 0.375. The molecular weight excluding hydrogens is 485 g/mol. The molecule has 2 aromatic carbocycles. The minimum absolute atomic E-state index is 0. The first-order chi connectivity index (χ1) is 8.71. The first-order valence-electron chi connectivity index (χ1n) is 6.85. The molecule has 1 fully saturated rings. The van der Waals surface area contributed by atoms with E-state index in [0.29, 0.717) is 0 Å². The van der Waals surface area contributed by atoms with Gasteiger partial charge in [-0.25, -0.2) is 24.3 Å². The summed E-state index contributed by atoms with van der Waals surface area (Å²) in [5, 5.41) is 1.59. The normalized spacial score (nSPS) is 14.0. The summed E-state index contributed by atoms with van der Waals surface area (Å²) in [7, 11) is -1.26. The van der Waals surface area contributed by atoms with E-state index in [9.17, 15) is 0 Å².